The molecule has 1 unspecified atom stereocenters. The summed E-state index contributed by atoms with van der Waals surface area (Å²) in [6.07, 6.45) is 4.73. The van der Waals surface area contributed by atoms with Crippen LogP contribution in [0.2, 0.25) is 0 Å². The minimum Gasteiger partial charge on any atom is -0.229 e. The standard InChI is InChI=1S/C8H13ClO4S2/c9-15(12,13)7-2-1-4-8-5-3-6-14(8,10)11/h1-2,8H,3-7H2/b2-1-. The smallest absolute Gasteiger partial charge is 0.229 e. The van der Waals surface area contributed by atoms with Crippen LogP contribution in [0.3, 0.4) is 0 Å². The van der Waals surface area contributed by atoms with Gasteiger partial charge in [-0.2, -0.15) is 0 Å². The second-order valence-electron chi connectivity index (χ2n) is 3.54. The molecule has 0 aromatic carbocycles. The summed E-state index contributed by atoms with van der Waals surface area (Å²) in [7, 11) is -1.46. The van der Waals surface area contributed by atoms with Crippen molar-refractivity contribution in [3.63, 3.8) is 0 Å². The first-order chi connectivity index (χ1) is 6.81. The molecule has 0 N–H and O–H groups in total. The summed E-state index contributed by atoms with van der Waals surface area (Å²) in [6, 6.07) is 0. The highest BCUT2D eigenvalue weighted by Crippen LogP contribution is 2.22. The summed E-state index contributed by atoms with van der Waals surface area (Å²) in [6.45, 7) is 0. The van der Waals surface area contributed by atoms with E-state index in [2.05, 4.69) is 0 Å². The van der Waals surface area contributed by atoms with Crippen molar-refractivity contribution in [1.29, 1.82) is 0 Å². The van der Waals surface area contributed by atoms with Crippen LogP contribution in [0.5, 0.6) is 0 Å². The Morgan fingerprint density at radius 1 is 1.33 bits per heavy atom. The van der Waals surface area contributed by atoms with Gasteiger partial charge in [-0.3, -0.25) is 0 Å². The zero-order valence-corrected chi connectivity index (χ0v) is 10.5. The van der Waals surface area contributed by atoms with E-state index in [-0.39, 0.29) is 16.8 Å². The molecule has 1 fully saturated rings. The van der Waals surface area contributed by atoms with Crippen LogP contribution in [0, 0.1) is 0 Å². The highest BCUT2D eigenvalue weighted by Gasteiger charge is 2.29. The molecule has 1 aliphatic rings. The fraction of sp³-hybridized carbons (Fsp3) is 0.750. The van der Waals surface area contributed by atoms with Gasteiger partial charge in [-0.25, -0.2) is 16.8 Å². The van der Waals surface area contributed by atoms with Crippen LogP contribution >= 0.6 is 10.7 Å². The van der Waals surface area contributed by atoms with E-state index in [1.54, 1.807) is 6.08 Å². The molecule has 0 amide bonds. The fourth-order valence-electron chi connectivity index (χ4n) is 1.55. The molecule has 0 radical (unpaired) electrons. The number of rotatable bonds is 4. The average molecular weight is 273 g/mol. The summed E-state index contributed by atoms with van der Waals surface area (Å²) in [5.74, 6) is 0.000630. The highest BCUT2D eigenvalue weighted by atomic mass is 35.7. The Balaban J connectivity index is 2.45. The van der Waals surface area contributed by atoms with Crippen molar-refractivity contribution in [3.8, 4) is 0 Å². The average Bonchev–Trinajstić information content (AvgIpc) is 2.37. The lowest BCUT2D eigenvalue weighted by molar-refractivity contribution is 0.589. The van der Waals surface area contributed by atoms with E-state index in [4.69, 9.17) is 10.7 Å². The second kappa shape index (κ2) is 4.84. The van der Waals surface area contributed by atoms with Crippen molar-refractivity contribution in [3.05, 3.63) is 12.2 Å². The van der Waals surface area contributed by atoms with E-state index in [0.717, 1.165) is 0 Å². The van der Waals surface area contributed by atoms with Crippen molar-refractivity contribution < 1.29 is 16.8 Å². The number of sulfone groups is 1. The van der Waals surface area contributed by atoms with E-state index in [9.17, 15) is 16.8 Å². The molecule has 4 nitrogen and oxygen atoms in total. The predicted molar refractivity (Wildman–Crippen MR) is 60.2 cm³/mol. The van der Waals surface area contributed by atoms with E-state index in [1.807, 2.05) is 0 Å². The fourth-order valence-corrected chi connectivity index (χ4v) is 3.97. The molecule has 1 heterocycles. The van der Waals surface area contributed by atoms with Gasteiger partial charge in [0, 0.05) is 10.7 Å². The summed E-state index contributed by atoms with van der Waals surface area (Å²) in [4.78, 5) is 0. The summed E-state index contributed by atoms with van der Waals surface area (Å²) in [5, 5.41) is -0.341. The van der Waals surface area contributed by atoms with E-state index in [0.29, 0.717) is 19.3 Å². The molecule has 1 rings (SSSR count). The SMILES string of the molecule is O=S(=O)(Cl)C/C=C\CC1CCCS1(=O)=O. The van der Waals surface area contributed by atoms with Crippen LogP contribution in [-0.2, 0) is 18.9 Å². The minimum atomic E-state index is -3.51. The Labute approximate surface area is 94.7 Å². The Bertz CT molecular complexity index is 435. The molecule has 1 saturated heterocycles. The first-order valence-corrected chi connectivity index (χ1v) is 8.79. The van der Waals surface area contributed by atoms with Crippen LogP contribution < -0.4 is 0 Å². The molecule has 0 aromatic rings. The Hall–Kier alpha value is -0.0700. The topological polar surface area (TPSA) is 68.3 Å². The van der Waals surface area contributed by atoms with E-state index in [1.165, 1.54) is 6.08 Å². The number of allylic oxidation sites excluding steroid dienone is 1. The van der Waals surface area contributed by atoms with Crippen molar-refractivity contribution in [2.45, 2.75) is 24.5 Å². The van der Waals surface area contributed by atoms with Gasteiger partial charge in [-0.15, -0.1) is 0 Å². The molecule has 0 bridgehead atoms. The van der Waals surface area contributed by atoms with Crippen molar-refractivity contribution >= 4 is 29.6 Å². The van der Waals surface area contributed by atoms with Gasteiger partial charge in [0.1, 0.15) is 0 Å². The van der Waals surface area contributed by atoms with Gasteiger partial charge in [0.2, 0.25) is 9.05 Å². The first kappa shape index (κ1) is 13.0. The third kappa shape index (κ3) is 4.53. The molecule has 7 heteroatoms. The second-order valence-corrected chi connectivity index (χ2v) is 8.77. The zero-order chi connectivity index (χ0) is 11.5. The molecule has 0 aromatic heterocycles. The predicted octanol–water partition coefficient (Wildman–Crippen LogP) is 1.08. The molecule has 0 saturated carbocycles. The minimum absolute atomic E-state index is 0.249. The van der Waals surface area contributed by atoms with Gasteiger partial charge in [0.15, 0.2) is 9.84 Å². The van der Waals surface area contributed by atoms with Crippen LogP contribution in [-0.4, -0.2) is 33.6 Å². The maximum absolute atomic E-state index is 11.4. The molecule has 0 aliphatic carbocycles. The van der Waals surface area contributed by atoms with Crippen molar-refractivity contribution in [2.24, 2.45) is 0 Å². The molecule has 0 spiro atoms. The Morgan fingerprint density at radius 2 is 2.00 bits per heavy atom. The van der Waals surface area contributed by atoms with E-state index >= 15 is 0 Å². The van der Waals surface area contributed by atoms with Gasteiger partial charge in [-0.05, 0) is 19.3 Å². The quantitative estimate of drug-likeness (QED) is 0.567. The van der Waals surface area contributed by atoms with Gasteiger partial charge in [-0.1, -0.05) is 12.2 Å². The third-order valence-corrected chi connectivity index (χ3v) is 5.59. The number of hydrogen-bond donors (Lipinski definition) is 0. The summed E-state index contributed by atoms with van der Waals surface area (Å²) in [5.41, 5.74) is 0. The monoisotopic (exact) mass is 272 g/mol. The summed E-state index contributed by atoms with van der Waals surface area (Å²) >= 11 is 0. The van der Waals surface area contributed by atoms with Gasteiger partial charge in [0.25, 0.3) is 0 Å². The molecule has 88 valence electrons. The molecular weight excluding hydrogens is 260 g/mol. The molecule has 1 aliphatic heterocycles. The van der Waals surface area contributed by atoms with Crippen molar-refractivity contribution in [2.75, 3.05) is 11.5 Å². The van der Waals surface area contributed by atoms with Crippen LogP contribution in [0.25, 0.3) is 0 Å². The van der Waals surface area contributed by atoms with Crippen molar-refractivity contribution in [1.82, 2.24) is 0 Å². The zero-order valence-electron chi connectivity index (χ0n) is 8.10. The normalized spacial score (nSPS) is 26.1. The maximum Gasteiger partial charge on any atom is 0.236 e. The third-order valence-electron chi connectivity index (χ3n) is 2.32. The molecule has 15 heavy (non-hydrogen) atoms. The first-order valence-electron chi connectivity index (χ1n) is 4.60. The Kier molecular flexibility index (Phi) is 4.20. The van der Waals surface area contributed by atoms with E-state index < -0.39 is 18.9 Å². The van der Waals surface area contributed by atoms with Crippen LogP contribution in [0.15, 0.2) is 12.2 Å². The van der Waals surface area contributed by atoms with Crippen LogP contribution in [0.4, 0.5) is 0 Å². The van der Waals surface area contributed by atoms with Gasteiger partial charge < -0.3 is 0 Å². The lowest BCUT2D eigenvalue weighted by Crippen LogP contribution is -2.14. The van der Waals surface area contributed by atoms with Crippen LogP contribution in [0.1, 0.15) is 19.3 Å². The largest absolute Gasteiger partial charge is 0.236 e. The molecular formula is C8H13ClO4S2. The number of hydrogen-bond acceptors (Lipinski definition) is 4. The Morgan fingerprint density at radius 3 is 2.47 bits per heavy atom. The summed E-state index contributed by atoms with van der Waals surface area (Å²) < 4.78 is 43.9. The number of halogens is 1. The molecule has 1 atom stereocenters. The maximum atomic E-state index is 11.4. The lowest BCUT2D eigenvalue weighted by Gasteiger charge is -2.04. The lowest BCUT2D eigenvalue weighted by atomic mass is 10.2. The van der Waals surface area contributed by atoms with Gasteiger partial charge in [0.05, 0.1) is 16.8 Å². The van der Waals surface area contributed by atoms with Gasteiger partial charge >= 0.3 is 0 Å². The highest BCUT2D eigenvalue weighted by molar-refractivity contribution is 8.13.